The zero-order valence-electron chi connectivity index (χ0n) is 17.4. The first kappa shape index (κ1) is 19.6. The average Bonchev–Trinajstić information content (AvgIpc) is 3.17. The van der Waals surface area contributed by atoms with Crippen LogP contribution in [0.1, 0.15) is 50.0 Å². The molecule has 3 heterocycles. The quantitative estimate of drug-likeness (QED) is 0.694. The molecule has 0 unspecified atom stereocenters. The highest BCUT2D eigenvalue weighted by Gasteiger charge is 2.28. The number of rotatable bonds is 5. The van der Waals surface area contributed by atoms with Crippen molar-refractivity contribution >= 4 is 16.9 Å². The Morgan fingerprint density at radius 2 is 1.97 bits per heavy atom. The van der Waals surface area contributed by atoms with Gasteiger partial charge >= 0.3 is 0 Å². The maximum Gasteiger partial charge on any atom is 0.252 e. The summed E-state index contributed by atoms with van der Waals surface area (Å²) in [4.78, 5) is 18.1. The van der Waals surface area contributed by atoms with Crippen molar-refractivity contribution < 1.29 is 4.79 Å². The Kier molecular flexibility index (Phi) is 5.37. The van der Waals surface area contributed by atoms with E-state index in [9.17, 15) is 4.79 Å². The van der Waals surface area contributed by atoms with E-state index >= 15 is 0 Å². The summed E-state index contributed by atoms with van der Waals surface area (Å²) in [5.41, 5.74) is 3.30. The lowest BCUT2D eigenvalue weighted by Crippen LogP contribution is -2.42. The minimum atomic E-state index is -0.0577. The number of piperidine rings is 1. The van der Waals surface area contributed by atoms with Gasteiger partial charge in [-0.05, 0) is 51.3 Å². The van der Waals surface area contributed by atoms with Crippen molar-refractivity contribution in [3.63, 3.8) is 0 Å². The summed E-state index contributed by atoms with van der Waals surface area (Å²) in [5, 5.41) is 11.9. The molecular weight excluding hydrogens is 362 g/mol. The molecule has 0 radical (unpaired) electrons. The number of pyridine rings is 1. The van der Waals surface area contributed by atoms with Gasteiger partial charge in [-0.3, -0.25) is 4.79 Å². The third-order valence-corrected chi connectivity index (χ3v) is 5.86. The molecule has 1 aromatic carbocycles. The first-order valence-corrected chi connectivity index (χ1v) is 10.4. The van der Waals surface area contributed by atoms with Gasteiger partial charge in [-0.15, -0.1) is 0 Å². The predicted octanol–water partition coefficient (Wildman–Crippen LogP) is 3.80. The first-order valence-electron chi connectivity index (χ1n) is 10.4. The van der Waals surface area contributed by atoms with Crippen molar-refractivity contribution in [2.75, 3.05) is 19.6 Å². The minimum Gasteiger partial charge on any atom is -0.351 e. The molecule has 152 valence electrons. The van der Waals surface area contributed by atoms with Crippen LogP contribution in [0.4, 0.5) is 0 Å². The fourth-order valence-electron chi connectivity index (χ4n) is 3.94. The van der Waals surface area contributed by atoms with Gasteiger partial charge in [-0.1, -0.05) is 37.3 Å². The molecule has 4 rings (SSSR count). The van der Waals surface area contributed by atoms with E-state index < -0.39 is 0 Å². The molecule has 6 heteroatoms. The SMILES string of the molecule is CC(C)n1ncc2c(C(=O)NCC3(C)CCNCC3)cc(-c3ccccc3)nc21. The van der Waals surface area contributed by atoms with E-state index in [0.717, 1.165) is 48.2 Å². The molecule has 6 nitrogen and oxygen atoms in total. The third kappa shape index (κ3) is 4.03. The van der Waals surface area contributed by atoms with Gasteiger partial charge in [0.05, 0.1) is 22.8 Å². The van der Waals surface area contributed by atoms with Gasteiger partial charge < -0.3 is 10.6 Å². The summed E-state index contributed by atoms with van der Waals surface area (Å²) in [7, 11) is 0. The van der Waals surface area contributed by atoms with E-state index in [1.807, 2.05) is 41.1 Å². The highest BCUT2D eigenvalue weighted by atomic mass is 16.1. The van der Waals surface area contributed by atoms with Crippen LogP contribution in [0, 0.1) is 5.41 Å². The Hall–Kier alpha value is -2.73. The van der Waals surface area contributed by atoms with Crippen LogP contribution in [0.15, 0.2) is 42.6 Å². The fourth-order valence-corrected chi connectivity index (χ4v) is 3.94. The molecule has 3 aromatic rings. The van der Waals surface area contributed by atoms with Crippen LogP contribution in [-0.4, -0.2) is 40.3 Å². The van der Waals surface area contributed by atoms with E-state index in [-0.39, 0.29) is 17.4 Å². The second kappa shape index (κ2) is 7.95. The zero-order valence-corrected chi connectivity index (χ0v) is 17.4. The Morgan fingerprint density at radius 1 is 1.24 bits per heavy atom. The molecule has 0 atom stereocenters. The lowest BCUT2D eigenvalue weighted by Gasteiger charge is -2.34. The van der Waals surface area contributed by atoms with Crippen molar-refractivity contribution in [3.8, 4) is 11.3 Å². The molecule has 1 aliphatic heterocycles. The molecule has 1 amide bonds. The molecule has 0 aliphatic carbocycles. The van der Waals surface area contributed by atoms with Gasteiger partial charge in [0.1, 0.15) is 0 Å². The minimum absolute atomic E-state index is 0.0577. The van der Waals surface area contributed by atoms with Crippen molar-refractivity contribution in [2.24, 2.45) is 5.41 Å². The lowest BCUT2D eigenvalue weighted by atomic mass is 9.81. The summed E-state index contributed by atoms with van der Waals surface area (Å²) in [6, 6.07) is 12.0. The van der Waals surface area contributed by atoms with Gasteiger partial charge in [-0.25, -0.2) is 9.67 Å². The summed E-state index contributed by atoms with van der Waals surface area (Å²) < 4.78 is 1.88. The number of nitrogens with one attached hydrogen (secondary N) is 2. The van der Waals surface area contributed by atoms with Crippen LogP contribution in [0.2, 0.25) is 0 Å². The van der Waals surface area contributed by atoms with Crippen molar-refractivity contribution in [2.45, 2.75) is 39.7 Å². The Bertz CT molecular complexity index is 1000. The zero-order chi connectivity index (χ0) is 20.4. The van der Waals surface area contributed by atoms with Crippen LogP contribution < -0.4 is 10.6 Å². The Balaban J connectivity index is 1.71. The fraction of sp³-hybridized carbons (Fsp3) is 0.435. The molecule has 0 spiro atoms. The molecule has 0 bridgehead atoms. The van der Waals surface area contributed by atoms with E-state index in [0.29, 0.717) is 12.1 Å². The monoisotopic (exact) mass is 391 g/mol. The van der Waals surface area contributed by atoms with E-state index in [1.165, 1.54) is 0 Å². The largest absolute Gasteiger partial charge is 0.351 e. The molecule has 1 saturated heterocycles. The Labute approximate surface area is 171 Å². The van der Waals surface area contributed by atoms with Crippen LogP contribution >= 0.6 is 0 Å². The molecule has 2 N–H and O–H groups in total. The maximum absolute atomic E-state index is 13.2. The second-order valence-corrected chi connectivity index (χ2v) is 8.58. The smallest absolute Gasteiger partial charge is 0.252 e. The number of carbonyl (C=O) groups excluding carboxylic acids is 1. The molecule has 1 fully saturated rings. The van der Waals surface area contributed by atoms with Crippen LogP contribution in [-0.2, 0) is 0 Å². The summed E-state index contributed by atoms with van der Waals surface area (Å²) in [6.07, 6.45) is 3.90. The normalized spacial score (nSPS) is 16.3. The number of aromatic nitrogens is 3. The van der Waals surface area contributed by atoms with Gasteiger partial charge in [0, 0.05) is 18.2 Å². The van der Waals surface area contributed by atoms with Gasteiger partial charge in [-0.2, -0.15) is 5.10 Å². The van der Waals surface area contributed by atoms with Gasteiger partial charge in [0.15, 0.2) is 5.65 Å². The van der Waals surface area contributed by atoms with E-state index in [1.54, 1.807) is 6.20 Å². The molecule has 0 saturated carbocycles. The number of carbonyl (C=O) groups is 1. The standard InChI is InChI=1S/C23H29N5O/c1-16(2)28-21-19(14-26-28)18(13-20(27-21)17-7-5-4-6-8-17)22(29)25-15-23(3)9-11-24-12-10-23/h4-8,13-14,16,24H,9-12,15H2,1-3H3,(H,25,29). The number of amides is 1. The summed E-state index contributed by atoms with van der Waals surface area (Å²) in [5.74, 6) is -0.0577. The molecular formula is C23H29N5O. The summed E-state index contributed by atoms with van der Waals surface area (Å²) >= 11 is 0. The number of fused-ring (bicyclic) bond motifs is 1. The van der Waals surface area contributed by atoms with Crippen LogP contribution in [0.3, 0.4) is 0 Å². The third-order valence-electron chi connectivity index (χ3n) is 5.86. The van der Waals surface area contributed by atoms with Crippen LogP contribution in [0.5, 0.6) is 0 Å². The average molecular weight is 392 g/mol. The topological polar surface area (TPSA) is 71.8 Å². The number of hydrogen-bond acceptors (Lipinski definition) is 4. The first-order chi connectivity index (χ1) is 14.0. The molecule has 29 heavy (non-hydrogen) atoms. The van der Waals surface area contributed by atoms with Crippen LogP contribution in [0.25, 0.3) is 22.3 Å². The summed E-state index contributed by atoms with van der Waals surface area (Å²) in [6.45, 7) is 9.08. The highest BCUT2D eigenvalue weighted by molar-refractivity contribution is 6.06. The molecule has 2 aromatic heterocycles. The van der Waals surface area contributed by atoms with E-state index in [4.69, 9.17) is 4.98 Å². The van der Waals surface area contributed by atoms with E-state index in [2.05, 4.69) is 36.5 Å². The lowest BCUT2D eigenvalue weighted by molar-refractivity contribution is 0.0924. The second-order valence-electron chi connectivity index (χ2n) is 8.58. The maximum atomic E-state index is 13.2. The predicted molar refractivity (Wildman–Crippen MR) is 116 cm³/mol. The highest BCUT2D eigenvalue weighted by Crippen LogP contribution is 2.28. The van der Waals surface area contributed by atoms with Gasteiger partial charge in [0.2, 0.25) is 0 Å². The number of hydrogen-bond donors (Lipinski definition) is 2. The molecule has 1 aliphatic rings. The van der Waals surface area contributed by atoms with Crippen molar-refractivity contribution in [3.05, 3.63) is 48.2 Å². The Morgan fingerprint density at radius 3 is 2.66 bits per heavy atom. The number of nitrogens with zero attached hydrogens (tertiary/aromatic N) is 3. The van der Waals surface area contributed by atoms with Crippen molar-refractivity contribution in [1.29, 1.82) is 0 Å². The number of benzene rings is 1. The van der Waals surface area contributed by atoms with Crippen molar-refractivity contribution in [1.82, 2.24) is 25.4 Å². The van der Waals surface area contributed by atoms with Gasteiger partial charge in [0.25, 0.3) is 5.91 Å².